The molecule has 1 amide bonds. The predicted molar refractivity (Wildman–Crippen MR) is 109 cm³/mol. The van der Waals surface area contributed by atoms with Crippen LogP contribution < -0.4 is 10.7 Å². The van der Waals surface area contributed by atoms with E-state index in [1.165, 1.54) is 6.20 Å². The Kier molecular flexibility index (Phi) is 5.89. The summed E-state index contributed by atoms with van der Waals surface area (Å²) in [5, 5.41) is 2.96. The van der Waals surface area contributed by atoms with Gasteiger partial charge in [-0.1, -0.05) is 22.0 Å². The summed E-state index contributed by atoms with van der Waals surface area (Å²) in [4.78, 5) is 41.5. The van der Waals surface area contributed by atoms with Gasteiger partial charge in [-0.3, -0.25) is 9.59 Å². The van der Waals surface area contributed by atoms with Crippen molar-refractivity contribution < 1.29 is 14.3 Å². The number of rotatable bonds is 5. The molecule has 0 atom stereocenters. The minimum Gasteiger partial charge on any atom is -0.452 e. The SMILES string of the molecule is CCn1cc(C(=O)OCC(=O)Nc2cccc(Br)c2)c(=O)c2ccc(C)nc21. The molecule has 28 heavy (non-hydrogen) atoms. The first kappa shape index (κ1) is 19.8. The van der Waals surface area contributed by atoms with Crippen molar-refractivity contribution >= 4 is 44.5 Å². The first-order valence-electron chi connectivity index (χ1n) is 8.62. The number of esters is 1. The number of anilines is 1. The van der Waals surface area contributed by atoms with E-state index in [2.05, 4.69) is 26.2 Å². The summed E-state index contributed by atoms with van der Waals surface area (Å²) >= 11 is 3.31. The molecule has 0 saturated heterocycles. The third kappa shape index (κ3) is 4.28. The molecule has 0 aliphatic rings. The lowest BCUT2D eigenvalue weighted by atomic mass is 10.2. The van der Waals surface area contributed by atoms with Crippen LogP contribution in [0.25, 0.3) is 11.0 Å². The van der Waals surface area contributed by atoms with Crippen LogP contribution in [-0.4, -0.2) is 28.0 Å². The second-order valence-corrected chi connectivity index (χ2v) is 7.03. The van der Waals surface area contributed by atoms with Crippen molar-refractivity contribution in [2.24, 2.45) is 0 Å². The van der Waals surface area contributed by atoms with Gasteiger partial charge in [0.05, 0.1) is 5.39 Å². The van der Waals surface area contributed by atoms with Crippen molar-refractivity contribution in [3.8, 4) is 0 Å². The van der Waals surface area contributed by atoms with Crippen LogP contribution in [0.1, 0.15) is 23.0 Å². The lowest BCUT2D eigenvalue weighted by Gasteiger charge is -2.11. The molecule has 8 heteroatoms. The van der Waals surface area contributed by atoms with Gasteiger partial charge >= 0.3 is 5.97 Å². The van der Waals surface area contributed by atoms with E-state index in [9.17, 15) is 14.4 Å². The highest BCUT2D eigenvalue weighted by atomic mass is 79.9. The molecule has 1 N–H and O–H groups in total. The lowest BCUT2D eigenvalue weighted by molar-refractivity contribution is -0.119. The van der Waals surface area contributed by atoms with E-state index >= 15 is 0 Å². The second-order valence-electron chi connectivity index (χ2n) is 6.12. The van der Waals surface area contributed by atoms with Gasteiger partial charge in [-0.25, -0.2) is 9.78 Å². The van der Waals surface area contributed by atoms with E-state index in [4.69, 9.17) is 4.74 Å². The standard InChI is InChI=1S/C20H18BrN3O4/c1-3-24-10-16(18(26)15-8-7-12(2)22-19(15)24)20(27)28-11-17(25)23-14-6-4-5-13(21)9-14/h4-10H,3,11H2,1-2H3,(H,23,25). The Hall–Kier alpha value is -3.00. The Morgan fingerprint density at radius 2 is 2.04 bits per heavy atom. The molecule has 3 aromatic rings. The molecular weight excluding hydrogens is 426 g/mol. The first-order chi connectivity index (χ1) is 13.4. The van der Waals surface area contributed by atoms with Crippen LogP contribution >= 0.6 is 15.9 Å². The van der Waals surface area contributed by atoms with Gasteiger partial charge in [0.25, 0.3) is 5.91 Å². The number of hydrogen-bond donors (Lipinski definition) is 1. The Morgan fingerprint density at radius 3 is 2.75 bits per heavy atom. The summed E-state index contributed by atoms with van der Waals surface area (Å²) in [6.07, 6.45) is 1.42. The van der Waals surface area contributed by atoms with Gasteiger partial charge in [0.2, 0.25) is 5.43 Å². The Labute approximate surface area is 169 Å². The summed E-state index contributed by atoms with van der Waals surface area (Å²) in [7, 11) is 0. The number of ether oxygens (including phenoxy) is 1. The quantitative estimate of drug-likeness (QED) is 0.610. The number of hydrogen-bond acceptors (Lipinski definition) is 5. The van der Waals surface area contributed by atoms with Crippen molar-refractivity contribution in [3.63, 3.8) is 0 Å². The number of amides is 1. The molecule has 7 nitrogen and oxygen atoms in total. The number of halogens is 1. The molecule has 0 saturated carbocycles. The number of carbonyl (C=O) groups excluding carboxylic acids is 2. The highest BCUT2D eigenvalue weighted by Gasteiger charge is 2.18. The Balaban J connectivity index is 1.78. The monoisotopic (exact) mass is 443 g/mol. The van der Waals surface area contributed by atoms with Crippen molar-refractivity contribution in [2.75, 3.05) is 11.9 Å². The topological polar surface area (TPSA) is 90.3 Å². The van der Waals surface area contributed by atoms with E-state index in [0.717, 1.165) is 10.2 Å². The molecule has 0 aliphatic carbocycles. The lowest BCUT2D eigenvalue weighted by Crippen LogP contribution is -2.25. The van der Waals surface area contributed by atoms with Crippen LogP contribution in [0.15, 0.2) is 51.9 Å². The van der Waals surface area contributed by atoms with Crippen LogP contribution in [0.3, 0.4) is 0 Å². The van der Waals surface area contributed by atoms with E-state index < -0.39 is 23.9 Å². The van der Waals surface area contributed by atoms with Crippen LogP contribution in [0.5, 0.6) is 0 Å². The minimum atomic E-state index is -0.848. The number of pyridine rings is 2. The third-order valence-corrected chi connectivity index (χ3v) is 4.56. The maximum Gasteiger partial charge on any atom is 0.344 e. The molecule has 2 heterocycles. The molecule has 0 bridgehead atoms. The summed E-state index contributed by atoms with van der Waals surface area (Å²) in [6, 6.07) is 10.4. The van der Waals surface area contributed by atoms with E-state index in [0.29, 0.717) is 23.3 Å². The van der Waals surface area contributed by atoms with Gasteiger partial charge in [0, 0.05) is 28.6 Å². The van der Waals surface area contributed by atoms with Crippen LogP contribution in [0.4, 0.5) is 5.69 Å². The van der Waals surface area contributed by atoms with E-state index in [-0.39, 0.29) is 5.56 Å². The maximum atomic E-state index is 12.7. The smallest absolute Gasteiger partial charge is 0.344 e. The average Bonchev–Trinajstić information content (AvgIpc) is 2.66. The molecule has 3 rings (SSSR count). The predicted octanol–water partition coefficient (Wildman–Crippen LogP) is 3.28. The Bertz CT molecular complexity index is 1120. The van der Waals surface area contributed by atoms with Crippen molar-refractivity contribution in [2.45, 2.75) is 20.4 Å². The van der Waals surface area contributed by atoms with Crippen LogP contribution in [0, 0.1) is 6.92 Å². The fraction of sp³-hybridized carbons (Fsp3) is 0.200. The zero-order chi connectivity index (χ0) is 20.3. The second kappa shape index (κ2) is 8.35. The van der Waals surface area contributed by atoms with Gasteiger partial charge in [-0.15, -0.1) is 0 Å². The van der Waals surface area contributed by atoms with Gasteiger partial charge in [-0.05, 0) is 44.2 Å². The summed E-state index contributed by atoms with van der Waals surface area (Å²) in [5.74, 6) is -1.35. The molecule has 0 fully saturated rings. The number of aromatic nitrogens is 2. The van der Waals surface area contributed by atoms with Gasteiger partial charge in [-0.2, -0.15) is 0 Å². The summed E-state index contributed by atoms with van der Waals surface area (Å²) < 4.78 is 7.57. The molecule has 1 aromatic carbocycles. The van der Waals surface area contributed by atoms with Crippen molar-refractivity contribution in [1.29, 1.82) is 0 Å². The average molecular weight is 444 g/mol. The summed E-state index contributed by atoms with van der Waals surface area (Å²) in [6.45, 7) is 3.74. The molecule has 0 aliphatic heterocycles. The van der Waals surface area contributed by atoms with Gasteiger partial charge in [0.1, 0.15) is 11.2 Å². The molecule has 144 valence electrons. The largest absolute Gasteiger partial charge is 0.452 e. The molecule has 0 radical (unpaired) electrons. The molecular formula is C20H18BrN3O4. The fourth-order valence-electron chi connectivity index (χ4n) is 2.72. The van der Waals surface area contributed by atoms with E-state index in [1.54, 1.807) is 34.9 Å². The normalized spacial score (nSPS) is 10.7. The fourth-order valence-corrected chi connectivity index (χ4v) is 3.12. The number of nitrogens with one attached hydrogen (secondary N) is 1. The number of aryl methyl sites for hydroxylation is 2. The highest BCUT2D eigenvalue weighted by Crippen LogP contribution is 2.15. The van der Waals surface area contributed by atoms with Crippen LogP contribution in [0.2, 0.25) is 0 Å². The van der Waals surface area contributed by atoms with Crippen molar-refractivity contribution in [1.82, 2.24) is 9.55 Å². The Morgan fingerprint density at radius 1 is 1.25 bits per heavy atom. The molecule has 0 spiro atoms. The van der Waals surface area contributed by atoms with Gasteiger partial charge < -0.3 is 14.6 Å². The number of benzene rings is 1. The zero-order valence-corrected chi connectivity index (χ0v) is 16.9. The zero-order valence-electron chi connectivity index (χ0n) is 15.4. The molecule has 0 unspecified atom stereocenters. The van der Waals surface area contributed by atoms with Crippen LogP contribution in [-0.2, 0) is 16.1 Å². The highest BCUT2D eigenvalue weighted by molar-refractivity contribution is 9.10. The molecule has 2 aromatic heterocycles. The van der Waals surface area contributed by atoms with Gasteiger partial charge in [0.15, 0.2) is 6.61 Å². The first-order valence-corrected chi connectivity index (χ1v) is 9.41. The summed E-state index contributed by atoms with van der Waals surface area (Å²) in [5.41, 5.74) is 1.25. The minimum absolute atomic E-state index is 0.129. The van der Waals surface area contributed by atoms with Crippen molar-refractivity contribution in [3.05, 3.63) is 68.5 Å². The van der Waals surface area contributed by atoms with E-state index in [1.807, 2.05) is 19.9 Å². The number of nitrogens with zero attached hydrogens (tertiary/aromatic N) is 2. The number of fused-ring (bicyclic) bond motifs is 1. The maximum absolute atomic E-state index is 12.7. The number of carbonyl (C=O) groups is 2. The third-order valence-electron chi connectivity index (χ3n) is 4.06.